The first kappa shape index (κ1) is 26.5. The van der Waals surface area contributed by atoms with Crippen LogP contribution >= 0.6 is 11.6 Å². The van der Waals surface area contributed by atoms with Gasteiger partial charge in [0.25, 0.3) is 5.91 Å². The van der Waals surface area contributed by atoms with E-state index in [1.807, 2.05) is 25.1 Å². The highest BCUT2D eigenvalue weighted by molar-refractivity contribution is 6.30. The zero-order chi connectivity index (χ0) is 26.8. The number of hydrogen-bond acceptors (Lipinski definition) is 3. The Kier molecular flexibility index (Phi) is 7.50. The molecule has 0 bridgehead atoms. The normalized spacial score (nSPS) is 16.7. The van der Waals surface area contributed by atoms with Gasteiger partial charge in [-0.15, -0.1) is 0 Å². The molecule has 1 atom stereocenters. The number of alkyl halides is 3. The number of nitrogens with zero attached hydrogens (tertiary/aromatic N) is 1. The smallest absolute Gasteiger partial charge is 0.416 e. The van der Waals surface area contributed by atoms with E-state index in [0.29, 0.717) is 34.7 Å². The minimum absolute atomic E-state index is 0.0235. The lowest BCUT2D eigenvalue weighted by molar-refractivity contribution is -0.138. The van der Waals surface area contributed by atoms with Crippen LogP contribution in [0.2, 0.25) is 5.02 Å². The first-order valence-corrected chi connectivity index (χ1v) is 12.0. The average molecular weight is 532 g/mol. The second-order valence-electron chi connectivity index (χ2n) is 9.42. The number of halogens is 4. The molecule has 0 fully saturated rings. The molecule has 1 N–H and O–H groups in total. The lowest BCUT2D eigenvalue weighted by Crippen LogP contribution is -2.33. The SMILES string of the molecule is C[C@]1(Cc2cccc(Cl)c2)Cc2cc(C(=O)N(CCC(=O)O)Cc3ccc(C(F)(F)F)cc3)ccc2O1. The van der Waals surface area contributed by atoms with Crippen molar-refractivity contribution in [3.63, 3.8) is 0 Å². The highest BCUT2D eigenvalue weighted by Crippen LogP contribution is 2.38. The van der Waals surface area contributed by atoms with Crippen molar-refractivity contribution < 1.29 is 32.6 Å². The van der Waals surface area contributed by atoms with E-state index in [1.54, 1.807) is 24.3 Å². The van der Waals surface area contributed by atoms with Crippen molar-refractivity contribution in [3.8, 4) is 5.75 Å². The molecule has 0 aromatic heterocycles. The van der Waals surface area contributed by atoms with Crippen LogP contribution in [0.15, 0.2) is 66.7 Å². The maximum Gasteiger partial charge on any atom is 0.416 e. The van der Waals surface area contributed by atoms with E-state index >= 15 is 0 Å². The fourth-order valence-electron chi connectivity index (χ4n) is 4.52. The first-order valence-electron chi connectivity index (χ1n) is 11.7. The number of rotatable bonds is 8. The Hall–Kier alpha value is -3.52. The molecule has 1 heterocycles. The third-order valence-electron chi connectivity index (χ3n) is 6.23. The summed E-state index contributed by atoms with van der Waals surface area (Å²) in [7, 11) is 0. The molecule has 1 aliphatic rings. The molecule has 0 unspecified atom stereocenters. The summed E-state index contributed by atoms with van der Waals surface area (Å²) >= 11 is 6.11. The fraction of sp³-hybridized carbons (Fsp3) is 0.286. The molecule has 1 aliphatic heterocycles. The van der Waals surface area contributed by atoms with Gasteiger partial charge in [0.15, 0.2) is 0 Å². The maximum absolute atomic E-state index is 13.4. The summed E-state index contributed by atoms with van der Waals surface area (Å²) in [6.45, 7) is 1.87. The Morgan fingerprint density at radius 3 is 2.43 bits per heavy atom. The molecule has 37 heavy (non-hydrogen) atoms. The summed E-state index contributed by atoms with van der Waals surface area (Å²) in [5, 5.41) is 9.78. The molecular formula is C28H25ClF3NO4. The largest absolute Gasteiger partial charge is 0.487 e. The summed E-state index contributed by atoms with van der Waals surface area (Å²) in [6, 6.07) is 17.1. The van der Waals surface area contributed by atoms with Crippen LogP contribution in [0.25, 0.3) is 0 Å². The van der Waals surface area contributed by atoms with E-state index in [4.69, 9.17) is 21.4 Å². The number of ether oxygens (including phenoxy) is 1. The van der Waals surface area contributed by atoms with Crippen molar-refractivity contribution in [1.82, 2.24) is 4.90 Å². The molecule has 4 rings (SSSR count). The average Bonchev–Trinajstić information content (AvgIpc) is 3.15. The van der Waals surface area contributed by atoms with Crippen molar-refractivity contribution >= 4 is 23.5 Å². The van der Waals surface area contributed by atoms with Gasteiger partial charge in [-0.25, -0.2) is 0 Å². The van der Waals surface area contributed by atoms with Crippen LogP contribution in [0.5, 0.6) is 5.75 Å². The van der Waals surface area contributed by atoms with Crippen molar-refractivity contribution in [3.05, 3.63) is 99.6 Å². The molecule has 0 spiro atoms. The Morgan fingerprint density at radius 2 is 1.78 bits per heavy atom. The van der Waals surface area contributed by atoms with E-state index in [2.05, 4.69) is 0 Å². The Bertz CT molecular complexity index is 1310. The third-order valence-corrected chi connectivity index (χ3v) is 6.47. The predicted octanol–water partition coefficient (Wildman–Crippen LogP) is 6.41. The number of benzene rings is 3. The summed E-state index contributed by atoms with van der Waals surface area (Å²) in [5.41, 5.74) is 1.37. The summed E-state index contributed by atoms with van der Waals surface area (Å²) < 4.78 is 44.9. The van der Waals surface area contributed by atoms with Gasteiger partial charge in [-0.1, -0.05) is 35.9 Å². The number of carbonyl (C=O) groups is 2. The highest BCUT2D eigenvalue weighted by Gasteiger charge is 2.36. The standard InChI is InChI=1S/C28H25ClF3NO4/c1-27(15-19-3-2-4-23(29)13-19)16-21-14-20(7-10-24(21)37-27)26(36)33(12-11-25(34)35)17-18-5-8-22(9-6-18)28(30,31)32/h2-10,13-14H,11-12,15-17H2,1H3,(H,34,35)/t27-/m0/s1. The van der Waals surface area contributed by atoms with Crippen molar-refractivity contribution in [2.45, 2.75) is 44.5 Å². The van der Waals surface area contributed by atoms with Crippen molar-refractivity contribution in [1.29, 1.82) is 0 Å². The Balaban J connectivity index is 1.52. The van der Waals surface area contributed by atoms with Gasteiger partial charge in [0, 0.05) is 36.5 Å². The molecular weight excluding hydrogens is 507 g/mol. The van der Waals surface area contributed by atoms with Gasteiger partial charge in [0.05, 0.1) is 12.0 Å². The number of carboxylic acid groups (broad SMARTS) is 1. The summed E-state index contributed by atoms with van der Waals surface area (Å²) in [6.07, 6.45) is -3.59. The molecule has 1 amide bonds. The van der Waals surface area contributed by atoms with E-state index in [-0.39, 0.29) is 19.5 Å². The summed E-state index contributed by atoms with van der Waals surface area (Å²) in [4.78, 5) is 25.9. The number of amides is 1. The van der Waals surface area contributed by atoms with Gasteiger partial charge in [-0.2, -0.15) is 13.2 Å². The van der Waals surface area contributed by atoms with Gasteiger partial charge in [-0.3, -0.25) is 9.59 Å². The molecule has 5 nitrogen and oxygen atoms in total. The molecule has 194 valence electrons. The second kappa shape index (κ2) is 10.5. The lowest BCUT2D eigenvalue weighted by Gasteiger charge is -2.24. The quantitative estimate of drug-likeness (QED) is 0.364. The molecule has 3 aromatic rings. The van der Waals surface area contributed by atoms with Crippen molar-refractivity contribution in [2.75, 3.05) is 6.54 Å². The minimum atomic E-state index is -4.47. The number of aliphatic carboxylic acids is 1. The van der Waals surface area contributed by atoms with Crippen molar-refractivity contribution in [2.24, 2.45) is 0 Å². The molecule has 0 radical (unpaired) electrons. The van der Waals surface area contributed by atoms with Gasteiger partial charge < -0.3 is 14.7 Å². The number of carboxylic acids is 1. The van der Waals surface area contributed by atoms with Gasteiger partial charge in [0.2, 0.25) is 0 Å². The zero-order valence-corrected chi connectivity index (χ0v) is 20.8. The zero-order valence-electron chi connectivity index (χ0n) is 20.0. The molecule has 0 saturated carbocycles. The Morgan fingerprint density at radius 1 is 1.05 bits per heavy atom. The van der Waals surface area contributed by atoms with E-state index in [1.165, 1.54) is 17.0 Å². The first-order chi connectivity index (χ1) is 17.4. The topological polar surface area (TPSA) is 66.8 Å². The van der Waals surface area contributed by atoms with Gasteiger partial charge in [0.1, 0.15) is 11.4 Å². The van der Waals surface area contributed by atoms with Crippen LogP contribution in [0.4, 0.5) is 13.2 Å². The highest BCUT2D eigenvalue weighted by atomic mass is 35.5. The fourth-order valence-corrected chi connectivity index (χ4v) is 4.73. The van der Waals surface area contributed by atoms with Crippen LogP contribution in [0, 0.1) is 0 Å². The predicted molar refractivity (Wildman–Crippen MR) is 133 cm³/mol. The van der Waals surface area contributed by atoms with Gasteiger partial charge in [-0.05, 0) is 66.1 Å². The van der Waals surface area contributed by atoms with Gasteiger partial charge >= 0.3 is 12.1 Å². The second-order valence-corrected chi connectivity index (χ2v) is 9.86. The van der Waals surface area contributed by atoms with Crippen LogP contribution in [-0.2, 0) is 30.4 Å². The lowest BCUT2D eigenvalue weighted by atomic mass is 9.91. The molecule has 3 aromatic carbocycles. The third kappa shape index (κ3) is 6.63. The van der Waals surface area contributed by atoms with Crippen LogP contribution in [0.1, 0.15) is 46.0 Å². The number of hydrogen-bond donors (Lipinski definition) is 1. The van der Waals surface area contributed by atoms with Crippen LogP contribution < -0.4 is 4.74 Å². The molecule has 0 aliphatic carbocycles. The number of fused-ring (bicyclic) bond motifs is 1. The maximum atomic E-state index is 13.4. The van der Waals surface area contributed by atoms with E-state index in [0.717, 1.165) is 23.3 Å². The molecule has 9 heteroatoms. The summed E-state index contributed by atoms with van der Waals surface area (Å²) in [5.74, 6) is -0.822. The molecule has 0 saturated heterocycles. The number of carbonyl (C=O) groups excluding carboxylic acids is 1. The Labute approximate surface area is 217 Å². The van der Waals surface area contributed by atoms with E-state index in [9.17, 15) is 22.8 Å². The minimum Gasteiger partial charge on any atom is -0.487 e. The van der Waals surface area contributed by atoms with E-state index < -0.39 is 29.2 Å². The van der Waals surface area contributed by atoms with Crippen LogP contribution in [-0.4, -0.2) is 34.0 Å². The van der Waals surface area contributed by atoms with Crippen LogP contribution in [0.3, 0.4) is 0 Å². The monoisotopic (exact) mass is 531 g/mol.